The number of hydrogen-bond donors (Lipinski definition) is 1. The number of amides is 1. The first kappa shape index (κ1) is 20.0. The second-order valence-electron chi connectivity index (χ2n) is 7.92. The second kappa shape index (κ2) is 7.71. The van der Waals surface area contributed by atoms with Crippen LogP contribution in [0.5, 0.6) is 5.75 Å². The molecule has 1 aliphatic rings. The Morgan fingerprint density at radius 2 is 2.07 bits per heavy atom. The largest absolute Gasteiger partial charge is 0.485 e. The maximum absolute atomic E-state index is 12.6. The number of aryl methyl sites for hydroxylation is 1. The standard InChI is InChI=1S/C20H27N3O5/c1-20(2,3)28-19(25)23-7-8-26-15(11-23)12-27-17-10-13-9-14(21)5-6-16(13)22(4)18(17)24/h5-6,9-10,15H,7-8,11-12,21H2,1-4H3. The van der Waals surface area contributed by atoms with E-state index in [1.165, 1.54) is 4.57 Å². The number of anilines is 1. The predicted molar refractivity (Wildman–Crippen MR) is 107 cm³/mol. The Morgan fingerprint density at radius 1 is 1.32 bits per heavy atom. The summed E-state index contributed by atoms with van der Waals surface area (Å²) in [5, 5.41) is 0.817. The van der Waals surface area contributed by atoms with Gasteiger partial charge in [-0.05, 0) is 45.0 Å². The molecule has 0 saturated carbocycles. The van der Waals surface area contributed by atoms with Crippen LogP contribution in [-0.4, -0.2) is 53.6 Å². The number of ether oxygens (including phenoxy) is 3. The molecule has 2 aromatic rings. The van der Waals surface area contributed by atoms with E-state index in [-0.39, 0.29) is 30.1 Å². The number of nitrogen functional groups attached to an aromatic ring is 1. The van der Waals surface area contributed by atoms with Crippen LogP contribution in [0.15, 0.2) is 29.1 Å². The monoisotopic (exact) mass is 389 g/mol. The van der Waals surface area contributed by atoms with Crippen molar-refractivity contribution in [1.82, 2.24) is 9.47 Å². The van der Waals surface area contributed by atoms with Crippen LogP contribution in [0.4, 0.5) is 10.5 Å². The molecule has 1 aromatic carbocycles. The third-order valence-corrected chi connectivity index (χ3v) is 4.43. The van der Waals surface area contributed by atoms with Crippen molar-refractivity contribution in [3.8, 4) is 5.75 Å². The number of hydrogen-bond acceptors (Lipinski definition) is 6. The maximum atomic E-state index is 12.6. The van der Waals surface area contributed by atoms with Gasteiger partial charge in [-0.25, -0.2) is 4.79 Å². The number of benzene rings is 1. The van der Waals surface area contributed by atoms with Gasteiger partial charge < -0.3 is 29.4 Å². The summed E-state index contributed by atoms with van der Waals surface area (Å²) in [4.78, 5) is 26.4. The van der Waals surface area contributed by atoms with Gasteiger partial charge in [0.2, 0.25) is 0 Å². The molecule has 1 atom stereocenters. The van der Waals surface area contributed by atoms with Gasteiger partial charge in [0.05, 0.1) is 18.7 Å². The minimum Gasteiger partial charge on any atom is -0.485 e. The van der Waals surface area contributed by atoms with E-state index in [1.807, 2.05) is 20.8 Å². The molecule has 8 nitrogen and oxygen atoms in total. The van der Waals surface area contributed by atoms with E-state index < -0.39 is 5.60 Å². The van der Waals surface area contributed by atoms with Crippen LogP contribution in [0.2, 0.25) is 0 Å². The molecule has 1 amide bonds. The highest BCUT2D eigenvalue weighted by Gasteiger charge is 2.28. The molecule has 0 radical (unpaired) electrons. The molecule has 2 heterocycles. The van der Waals surface area contributed by atoms with Gasteiger partial charge in [-0.3, -0.25) is 4.79 Å². The van der Waals surface area contributed by atoms with Crippen molar-refractivity contribution >= 4 is 22.7 Å². The Kier molecular flexibility index (Phi) is 5.51. The normalized spacial score (nSPS) is 17.6. The maximum Gasteiger partial charge on any atom is 0.410 e. The molecule has 28 heavy (non-hydrogen) atoms. The zero-order chi connectivity index (χ0) is 20.5. The molecule has 1 aromatic heterocycles. The molecule has 2 N–H and O–H groups in total. The van der Waals surface area contributed by atoms with E-state index in [2.05, 4.69) is 0 Å². The fraction of sp³-hybridized carbons (Fsp3) is 0.500. The van der Waals surface area contributed by atoms with E-state index in [1.54, 1.807) is 36.2 Å². The Morgan fingerprint density at radius 3 is 2.79 bits per heavy atom. The Balaban J connectivity index is 1.69. The third-order valence-electron chi connectivity index (χ3n) is 4.43. The number of nitrogens with zero attached hydrogens (tertiary/aromatic N) is 2. The molecular weight excluding hydrogens is 362 g/mol. The lowest BCUT2D eigenvalue weighted by atomic mass is 10.2. The first-order chi connectivity index (χ1) is 13.1. The summed E-state index contributed by atoms with van der Waals surface area (Å²) >= 11 is 0. The van der Waals surface area contributed by atoms with Gasteiger partial charge >= 0.3 is 6.09 Å². The number of fused-ring (bicyclic) bond motifs is 1. The number of pyridine rings is 1. The van der Waals surface area contributed by atoms with Crippen molar-refractivity contribution in [3.05, 3.63) is 34.6 Å². The van der Waals surface area contributed by atoms with Crippen molar-refractivity contribution in [1.29, 1.82) is 0 Å². The summed E-state index contributed by atoms with van der Waals surface area (Å²) in [5.74, 6) is 0.221. The summed E-state index contributed by atoms with van der Waals surface area (Å²) in [5.41, 5.74) is 6.44. The number of nitrogens with two attached hydrogens (primary N) is 1. The fourth-order valence-electron chi connectivity index (χ4n) is 3.07. The minimum absolute atomic E-state index is 0.155. The lowest BCUT2D eigenvalue weighted by Gasteiger charge is -2.34. The summed E-state index contributed by atoms with van der Waals surface area (Å²) in [6, 6.07) is 7.04. The Hall–Kier alpha value is -2.74. The van der Waals surface area contributed by atoms with Gasteiger partial charge in [0.1, 0.15) is 18.3 Å². The van der Waals surface area contributed by atoms with Crippen LogP contribution in [0.1, 0.15) is 20.8 Å². The Labute approximate surface area is 163 Å². The number of aromatic nitrogens is 1. The lowest BCUT2D eigenvalue weighted by Crippen LogP contribution is -2.49. The molecule has 1 aliphatic heterocycles. The molecular formula is C20H27N3O5. The van der Waals surface area contributed by atoms with Crippen LogP contribution in [0.3, 0.4) is 0 Å². The predicted octanol–water partition coefficient (Wildman–Crippen LogP) is 2.14. The smallest absolute Gasteiger partial charge is 0.410 e. The molecule has 1 fully saturated rings. The third kappa shape index (κ3) is 4.56. The fourth-order valence-corrected chi connectivity index (χ4v) is 3.07. The summed E-state index contributed by atoms with van der Waals surface area (Å²) in [6.45, 7) is 6.83. The molecule has 8 heteroatoms. The average Bonchev–Trinajstić information content (AvgIpc) is 2.62. The van der Waals surface area contributed by atoms with E-state index in [9.17, 15) is 9.59 Å². The summed E-state index contributed by atoms with van der Waals surface area (Å²) in [7, 11) is 1.69. The highest BCUT2D eigenvalue weighted by Crippen LogP contribution is 2.20. The van der Waals surface area contributed by atoms with E-state index in [0.717, 1.165) is 10.9 Å². The SMILES string of the molecule is Cn1c(=O)c(OCC2CN(C(=O)OC(C)(C)C)CCO2)cc2cc(N)ccc21. The first-order valence-corrected chi connectivity index (χ1v) is 9.25. The van der Waals surface area contributed by atoms with Crippen LogP contribution in [-0.2, 0) is 16.5 Å². The van der Waals surface area contributed by atoms with Crippen molar-refractivity contribution in [3.63, 3.8) is 0 Å². The number of carbonyl (C=O) groups excluding carboxylic acids is 1. The topological polar surface area (TPSA) is 96.0 Å². The van der Waals surface area contributed by atoms with Crippen molar-refractivity contribution in [2.24, 2.45) is 7.05 Å². The lowest BCUT2D eigenvalue weighted by molar-refractivity contribution is -0.0558. The van der Waals surface area contributed by atoms with Gasteiger partial charge in [-0.15, -0.1) is 0 Å². The molecule has 152 valence electrons. The number of morpholine rings is 1. The van der Waals surface area contributed by atoms with Gasteiger partial charge in [-0.1, -0.05) is 0 Å². The van der Waals surface area contributed by atoms with E-state index in [4.69, 9.17) is 19.9 Å². The van der Waals surface area contributed by atoms with Crippen molar-refractivity contribution in [2.75, 3.05) is 32.0 Å². The molecule has 0 spiro atoms. The average molecular weight is 389 g/mol. The number of carbonyl (C=O) groups is 1. The van der Waals surface area contributed by atoms with Crippen LogP contribution < -0.4 is 16.0 Å². The van der Waals surface area contributed by atoms with Gasteiger partial charge in [0, 0.05) is 24.7 Å². The zero-order valence-electron chi connectivity index (χ0n) is 16.7. The number of rotatable bonds is 3. The van der Waals surface area contributed by atoms with E-state index in [0.29, 0.717) is 25.4 Å². The van der Waals surface area contributed by atoms with Crippen LogP contribution >= 0.6 is 0 Å². The van der Waals surface area contributed by atoms with Crippen LogP contribution in [0, 0.1) is 0 Å². The first-order valence-electron chi connectivity index (χ1n) is 9.25. The second-order valence-corrected chi connectivity index (χ2v) is 7.92. The van der Waals surface area contributed by atoms with Gasteiger partial charge in [0.25, 0.3) is 5.56 Å². The van der Waals surface area contributed by atoms with E-state index >= 15 is 0 Å². The van der Waals surface area contributed by atoms with Crippen molar-refractivity contribution < 1.29 is 19.0 Å². The molecule has 0 bridgehead atoms. The Bertz CT molecular complexity index is 932. The minimum atomic E-state index is -0.555. The van der Waals surface area contributed by atoms with Gasteiger partial charge in [0.15, 0.2) is 5.75 Å². The molecule has 1 saturated heterocycles. The molecule has 1 unspecified atom stereocenters. The molecule has 0 aliphatic carbocycles. The summed E-state index contributed by atoms with van der Waals surface area (Å²) in [6.07, 6.45) is -0.722. The highest BCUT2D eigenvalue weighted by atomic mass is 16.6. The molecule has 3 rings (SSSR count). The zero-order valence-corrected chi connectivity index (χ0v) is 16.7. The van der Waals surface area contributed by atoms with Gasteiger partial charge in [-0.2, -0.15) is 0 Å². The quantitative estimate of drug-likeness (QED) is 0.808. The highest BCUT2D eigenvalue weighted by molar-refractivity contribution is 5.83. The van der Waals surface area contributed by atoms with Crippen LogP contribution in [0.25, 0.3) is 10.9 Å². The summed E-state index contributed by atoms with van der Waals surface area (Å²) < 4.78 is 18.4. The van der Waals surface area contributed by atoms with Crippen molar-refractivity contribution in [2.45, 2.75) is 32.5 Å².